The summed E-state index contributed by atoms with van der Waals surface area (Å²) in [5, 5.41) is 0. The molecule has 4 heteroatoms. The third-order valence-electron chi connectivity index (χ3n) is 5.14. The molecule has 0 saturated heterocycles. The van der Waals surface area contributed by atoms with E-state index < -0.39 is 0 Å². The molecule has 0 fully saturated rings. The number of hydrogen-bond donors (Lipinski definition) is 0. The number of aromatic nitrogens is 1. The van der Waals surface area contributed by atoms with Crippen molar-refractivity contribution in [1.29, 1.82) is 0 Å². The summed E-state index contributed by atoms with van der Waals surface area (Å²) in [4.78, 5) is 24.8. The molecule has 0 saturated carbocycles. The SMILES string of the molecule is CCOC(=O)Cc1cc2c(n1-c1ccc(C)c(C)c1)CC(C)(C)CC2=O. The van der Waals surface area contributed by atoms with E-state index >= 15 is 0 Å². The molecule has 0 radical (unpaired) electrons. The van der Waals surface area contributed by atoms with Gasteiger partial charge >= 0.3 is 5.97 Å². The lowest BCUT2D eigenvalue weighted by atomic mass is 9.76. The van der Waals surface area contributed by atoms with E-state index in [1.807, 2.05) is 6.07 Å². The Labute approximate surface area is 155 Å². The molecule has 0 bridgehead atoms. The van der Waals surface area contributed by atoms with Gasteiger partial charge in [0.15, 0.2) is 5.78 Å². The third-order valence-corrected chi connectivity index (χ3v) is 5.14. The first-order valence-corrected chi connectivity index (χ1v) is 9.22. The molecule has 0 atom stereocenters. The number of esters is 1. The van der Waals surface area contributed by atoms with E-state index in [1.165, 1.54) is 11.1 Å². The van der Waals surface area contributed by atoms with Gasteiger partial charge in [0.25, 0.3) is 0 Å². The molecule has 0 spiro atoms. The zero-order chi connectivity index (χ0) is 19.1. The number of carbonyl (C=O) groups excluding carboxylic acids is 2. The first kappa shape index (κ1) is 18.4. The van der Waals surface area contributed by atoms with Crippen LogP contribution < -0.4 is 0 Å². The molecule has 1 heterocycles. The summed E-state index contributed by atoms with van der Waals surface area (Å²) >= 11 is 0. The standard InChI is InChI=1S/C22H27NO3/c1-6-26-21(25)11-17-10-18-19(12-22(4,5)13-20(18)24)23(17)16-8-7-14(2)15(3)9-16/h7-10H,6,11-13H2,1-5H3. The van der Waals surface area contributed by atoms with Crippen LogP contribution in [0.5, 0.6) is 0 Å². The van der Waals surface area contributed by atoms with Crippen LogP contribution in [0.3, 0.4) is 0 Å². The topological polar surface area (TPSA) is 48.3 Å². The normalized spacial score (nSPS) is 15.7. The summed E-state index contributed by atoms with van der Waals surface area (Å²) in [5.74, 6) is -0.108. The number of Topliss-reactive ketones (excluding diaryl/α,β-unsaturated/α-hetero) is 1. The van der Waals surface area contributed by atoms with Crippen LogP contribution in [0.15, 0.2) is 24.3 Å². The van der Waals surface area contributed by atoms with E-state index in [4.69, 9.17) is 4.74 Å². The molecular formula is C22H27NO3. The van der Waals surface area contributed by atoms with Crippen molar-refractivity contribution >= 4 is 11.8 Å². The Hall–Kier alpha value is -2.36. The van der Waals surface area contributed by atoms with Gasteiger partial charge in [0, 0.05) is 29.1 Å². The van der Waals surface area contributed by atoms with Gasteiger partial charge in [-0.2, -0.15) is 0 Å². The molecule has 1 aromatic heterocycles. The molecule has 3 rings (SSSR count). The van der Waals surface area contributed by atoms with Gasteiger partial charge in [-0.1, -0.05) is 19.9 Å². The van der Waals surface area contributed by atoms with Gasteiger partial charge in [0.05, 0.1) is 13.0 Å². The summed E-state index contributed by atoms with van der Waals surface area (Å²) in [6.07, 6.45) is 1.51. The fraction of sp³-hybridized carbons (Fsp3) is 0.455. The zero-order valence-corrected chi connectivity index (χ0v) is 16.3. The predicted octanol–water partition coefficient (Wildman–Crippen LogP) is 4.35. The van der Waals surface area contributed by atoms with Crippen LogP contribution in [0, 0.1) is 19.3 Å². The molecule has 0 N–H and O–H groups in total. The second-order valence-corrected chi connectivity index (χ2v) is 8.02. The van der Waals surface area contributed by atoms with Crippen LogP contribution in [-0.2, 0) is 22.4 Å². The molecule has 0 amide bonds. The molecule has 1 aliphatic carbocycles. The summed E-state index contributed by atoms with van der Waals surface area (Å²) in [6, 6.07) is 8.15. The minimum Gasteiger partial charge on any atom is -0.466 e. The summed E-state index contributed by atoms with van der Waals surface area (Å²) < 4.78 is 7.24. The molecule has 0 unspecified atom stereocenters. The Morgan fingerprint density at radius 2 is 1.88 bits per heavy atom. The van der Waals surface area contributed by atoms with Gasteiger partial charge in [-0.3, -0.25) is 9.59 Å². The maximum Gasteiger partial charge on any atom is 0.311 e. The zero-order valence-electron chi connectivity index (χ0n) is 16.3. The van der Waals surface area contributed by atoms with Gasteiger partial charge in [-0.05, 0) is 61.9 Å². The lowest BCUT2D eigenvalue weighted by molar-refractivity contribution is -0.142. The Morgan fingerprint density at radius 3 is 2.54 bits per heavy atom. The first-order chi connectivity index (χ1) is 12.2. The largest absolute Gasteiger partial charge is 0.466 e. The van der Waals surface area contributed by atoms with E-state index in [9.17, 15) is 9.59 Å². The Balaban J connectivity index is 2.17. The average Bonchev–Trinajstić information content (AvgIpc) is 2.87. The van der Waals surface area contributed by atoms with Gasteiger partial charge in [-0.25, -0.2) is 0 Å². The highest BCUT2D eigenvalue weighted by Crippen LogP contribution is 2.38. The number of aryl methyl sites for hydroxylation is 2. The second kappa shape index (κ2) is 6.75. The van der Waals surface area contributed by atoms with E-state index in [0.717, 1.165) is 29.1 Å². The van der Waals surface area contributed by atoms with Crippen LogP contribution in [0.25, 0.3) is 5.69 Å². The van der Waals surface area contributed by atoms with Crippen molar-refractivity contribution < 1.29 is 14.3 Å². The van der Waals surface area contributed by atoms with Crippen LogP contribution in [0.4, 0.5) is 0 Å². The number of nitrogens with zero attached hydrogens (tertiary/aromatic N) is 1. The molecule has 1 aliphatic rings. The second-order valence-electron chi connectivity index (χ2n) is 8.02. The highest BCUT2D eigenvalue weighted by molar-refractivity contribution is 5.99. The first-order valence-electron chi connectivity index (χ1n) is 9.22. The van der Waals surface area contributed by atoms with Crippen molar-refractivity contribution in [1.82, 2.24) is 4.57 Å². The van der Waals surface area contributed by atoms with Gasteiger partial charge in [-0.15, -0.1) is 0 Å². The predicted molar refractivity (Wildman–Crippen MR) is 102 cm³/mol. The number of benzene rings is 1. The maximum atomic E-state index is 12.7. The maximum absolute atomic E-state index is 12.7. The van der Waals surface area contributed by atoms with Crippen LogP contribution in [0.1, 0.15) is 60.1 Å². The van der Waals surface area contributed by atoms with Crippen molar-refractivity contribution in [3.8, 4) is 5.69 Å². The fourth-order valence-electron chi connectivity index (χ4n) is 3.75. The van der Waals surface area contributed by atoms with Crippen molar-refractivity contribution in [3.05, 3.63) is 52.3 Å². The summed E-state index contributed by atoms with van der Waals surface area (Å²) in [7, 11) is 0. The van der Waals surface area contributed by atoms with E-state index in [-0.39, 0.29) is 23.6 Å². The lowest BCUT2D eigenvalue weighted by Gasteiger charge is -2.30. The molecule has 2 aromatic rings. The molecule has 26 heavy (non-hydrogen) atoms. The number of rotatable bonds is 4. The lowest BCUT2D eigenvalue weighted by Crippen LogP contribution is -2.28. The Bertz CT molecular complexity index is 874. The number of ketones is 1. The Morgan fingerprint density at radius 1 is 1.15 bits per heavy atom. The minimum atomic E-state index is -0.265. The average molecular weight is 353 g/mol. The molecular weight excluding hydrogens is 326 g/mol. The fourth-order valence-corrected chi connectivity index (χ4v) is 3.75. The van der Waals surface area contributed by atoms with Crippen LogP contribution in [-0.4, -0.2) is 22.9 Å². The number of carbonyl (C=O) groups is 2. The molecule has 4 nitrogen and oxygen atoms in total. The number of fused-ring (bicyclic) bond motifs is 1. The summed E-state index contributed by atoms with van der Waals surface area (Å²) in [6.45, 7) is 10.6. The highest BCUT2D eigenvalue weighted by Gasteiger charge is 2.35. The molecule has 138 valence electrons. The quantitative estimate of drug-likeness (QED) is 0.768. The smallest absolute Gasteiger partial charge is 0.311 e. The minimum absolute atomic E-state index is 0.0822. The van der Waals surface area contributed by atoms with Crippen molar-refractivity contribution in [2.24, 2.45) is 5.41 Å². The van der Waals surface area contributed by atoms with E-state index in [2.05, 4.69) is 50.5 Å². The monoisotopic (exact) mass is 353 g/mol. The van der Waals surface area contributed by atoms with E-state index in [1.54, 1.807) is 6.92 Å². The Kier molecular flexibility index (Phi) is 4.78. The van der Waals surface area contributed by atoms with Crippen LogP contribution >= 0.6 is 0 Å². The van der Waals surface area contributed by atoms with Gasteiger partial charge < -0.3 is 9.30 Å². The van der Waals surface area contributed by atoms with Gasteiger partial charge in [0.1, 0.15) is 0 Å². The molecule has 0 aliphatic heterocycles. The van der Waals surface area contributed by atoms with Crippen molar-refractivity contribution in [2.45, 2.75) is 53.9 Å². The number of hydrogen-bond acceptors (Lipinski definition) is 3. The van der Waals surface area contributed by atoms with Crippen LogP contribution in [0.2, 0.25) is 0 Å². The summed E-state index contributed by atoms with van der Waals surface area (Å²) in [5.41, 5.74) is 5.91. The van der Waals surface area contributed by atoms with Crippen molar-refractivity contribution in [2.75, 3.05) is 6.61 Å². The van der Waals surface area contributed by atoms with Crippen molar-refractivity contribution in [3.63, 3.8) is 0 Å². The number of ether oxygens (including phenoxy) is 1. The van der Waals surface area contributed by atoms with Gasteiger partial charge in [0.2, 0.25) is 0 Å². The van der Waals surface area contributed by atoms with E-state index in [0.29, 0.717) is 13.0 Å². The highest BCUT2D eigenvalue weighted by atomic mass is 16.5. The molecule has 1 aromatic carbocycles. The third kappa shape index (κ3) is 3.46.